The predicted molar refractivity (Wildman–Crippen MR) is 115 cm³/mol. The number of thiophene rings is 1. The minimum Gasteiger partial charge on any atom is -0.497 e. The molecule has 0 atom stereocenters. The van der Waals surface area contributed by atoms with E-state index in [1.165, 1.54) is 10.6 Å². The van der Waals surface area contributed by atoms with E-state index in [0.29, 0.717) is 6.04 Å². The van der Waals surface area contributed by atoms with Gasteiger partial charge in [-0.25, -0.2) is 0 Å². The van der Waals surface area contributed by atoms with Crippen LogP contribution in [-0.2, 0) is 6.42 Å². The number of benzene rings is 1. The molecular formula is C21H30N4OS. The molecule has 1 saturated heterocycles. The summed E-state index contributed by atoms with van der Waals surface area (Å²) in [7, 11) is 3.55. The number of nitrogens with one attached hydrogen (secondary N) is 2. The first-order valence-electron chi connectivity index (χ1n) is 9.67. The van der Waals surface area contributed by atoms with Gasteiger partial charge in [0.05, 0.1) is 12.1 Å². The zero-order valence-corrected chi connectivity index (χ0v) is 17.1. The first kappa shape index (κ1) is 19.5. The number of rotatable bonds is 7. The lowest BCUT2D eigenvalue weighted by atomic mass is 10.1. The van der Waals surface area contributed by atoms with Crippen molar-refractivity contribution in [2.75, 3.05) is 38.7 Å². The monoisotopic (exact) mass is 386 g/mol. The molecule has 1 fully saturated rings. The van der Waals surface area contributed by atoms with E-state index in [1.54, 1.807) is 7.11 Å². The Morgan fingerprint density at radius 2 is 2.11 bits per heavy atom. The molecule has 0 saturated carbocycles. The van der Waals surface area contributed by atoms with E-state index in [0.717, 1.165) is 57.0 Å². The van der Waals surface area contributed by atoms with Gasteiger partial charge in [0.25, 0.3) is 0 Å². The Balaban J connectivity index is 1.36. The Kier molecular flexibility index (Phi) is 7.39. The first-order chi connectivity index (χ1) is 13.3. The number of aliphatic imine (C=N–C) groups is 1. The van der Waals surface area contributed by atoms with Gasteiger partial charge in [0.2, 0.25) is 0 Å². The van der Waals surface area contributed by atoms with Crippen molar-refractivity contribution in [2.45, 2.75) is 31.7 Å². The van der Waals surface area contributed by atoms with Crippen LogP contribution in [0.3, 0.4) is 0 Å². The van der Waals surface area contributed by atoms with Crippen molar-refractivity contribution < 1.29 is 4.74 Å². The second-order valence-electron chi connectivity index (χ2n) is 6.81. The highest BCUT2D eigenvalue weighted by molar-refractivity contribution is 7.14. The summed E-state index contributed by atoms with van der Waals surface area (Å²) >= 11 is 1.82. The van der Waals surface area contributed by atoms with E-state index >= 15 is 0 Å². The largest absolute Gasteiger partial charge is 0.497 e. The quantitative estimate of drug-likeness (QED) is 0.434. The Bertz CT molecular complexity index is 709. The summed E-state index contributed by atoms with van der Waals surface area (Å²) in [4.78, 5) is 6.87. The molecule has 3 rings (SSSR count). The lowest BCUT2D eigenvalue weighted by Crippen LogP contribution is -2.48. The van der Waals surface area contributed by atoms with Crippen LogP contribution in [0.25, 0.3) is 0 Å². The summed E-state index contributed by atoms with van der Waals surface area (Å²) in [6, 6.07) is 13.1. The van der Waals surface area contributed by atoms with Crippen LogP contribution in [0.1, 0.15) is 24.8 Å². The molecule has 0 aliphatic carbocycles. The van der Waals surface area contributed by atoms with E-state index in [1.807, 2.05) is 30.5 Å². The molecular weight excluding hydrogens is 356 g/mol. The van der Waals surface area contributed by atoms with Gasteiger partial charge in [-0.05, 0) is 60.9 Å². The summed E-state index contributed by atoms with van der Waals surface area (Å²) in [5.41, 5.74) is 1.31. The molecule has 0 amide bonds. The van der Waals surface area contributed by atoms with Crippen LogP contribution in [0.4, 0.5) is 5.00 Å². The van der Waals surface area contributed by atoms with Gasteiger partial charge in [-0.2, -0.15) is 0 Å². The molecule has 1 aromatic heterocycles. The highest BCUT2D eigenvalue weighted by atomic mass is 32.1. The molecule has 0 radical (unpaired) electrons. The number of anilines is 1. The molecule has 146 valence electrons. The molecule has 0 unspecified atom stereocenters. The van der Waals surface area contributed by atoms with Crippen LogP contribution in [-0.4, -0.2) is 45.8 Å². The zero-order valence-electron chi connectivity index (χ0n) is 16.3. The summed E-state index contributed by atoms with van der Waals surface area (Å²) in [6.07, 6.45) is 4.37. The predicted octanol–water partition coefficient (Wildman–Crippen LogP) is 3.52. The van der Waals surface area contributed by atoms with Crippen LogP contribution in [0.5, 0.6) is 5.75 Å². The Morgan fingerprint density at radius 1 is 1.26 bits per heavy atom. The molecule has 1 aromatic carbocycles. The summed E-state index contributed by atoms with van der Waals surface area (Å²) < 4.78 is 5.28. The van der Waals surface area contributed by atoms with Gasteiger partial charge in [0.1, 0.15) is 5.75 Å². The van der Waals surface area contributed by atoms with Crippen molar-refractivity contribution in [1.29, 1.82) is 0 Å². The Hall–Kier alpha value is -2.21. The van der Waals surface area contributed by atoms with E-state index in [9.17, 15) is 0 Å². The van der Waals surface area contributed by atoms with Gasteiger partial charge in [0.15, 0.2) is 5.96 Å². The fourth-order valence-electron chi connectivity index (χ4n) is 3.41. The van der Waals surface area contributed by atoms with Gasteiger partial charge < -0.3 is 20.3 Å². The number of hydrogen-bond acceptors (Lipinski definition) is 4. The molecule has 0 bridgehead atoms. The third-order valence-electron chi connectivity index (χ3n) is 4.95. The van der Waals surface area contributed by atoms with Gasteiger partial charge in [-0.15, -0.1) is 11.3 Å². The summed E-state index contributed by atoms with van der Waals surface area (Å²) in [5, 5.41) is 10.6. The van der Waals surface area contributed by atoms with Gasteiger partial charge in [-0.1, -0.05) is 12.1 Å². The average Bonchev–Trinajstić information content (AvgIpc) is 3.26. The van der Waals surface area contributed by atoms with Crippen molar-refractivity contribution in [3.8, 4) is 5.75 Å². The standard InChI is InChI=1S/C21H30N4OS/c1-22-21(23-12-4-7-17-6-3-8-19(16-17)26-2)24-18-10-13-25(14-11-18)20-9-5-15-27-20/h3,5-6,8-9,15-16,18H,4,7,10-14H2,1-2H3,(H2,22,23,24). The van der Waals surface area contributed by atoms with Crippen molar-refractivity contribution in [2.24, 2.45) is 4.99 Å². The van der Waals surface area contributed by atoms with Gasteiger partial charge >= 0.3 is 0 Å². The fourth-order valence-corrected chi connectivity index (χ4v) is 4.19. The topological polar surface area (TPSA) is 48.9 Å². The number of guanidine groups is 1. The SMILES string of the molecule is CN=C(NCCCc1cccc(OC)c1)NC1CCN(c2cccs2)CC1. The van der Waals surface area contributed by atoms with Crippen molar-refractivity contribution in [3.05, 3.63) is 47.3 Å². The van der Waals surface area contributed by atoms with Crippen LogP contribution < -0.4 is 20.3 Å². The van der Waals surface area contributed by atoms with E-state index in [-0.39, 0.29) is 0 Å². The second-order valence-corrected chi connectivity index (χ2v) is 7.74. The molecule has 2 heterocycles. The van der Waals surface area contributed by atoms with Crippen molar-refractivity contribution in [1.82, 2.24) is 10.6 Å². The van der Waals surface area contributed by atoms with E-state index < -0.39 is 0 Å². The van der Waals surface area contributed by atoms with Crippen LogP contribution in [0.15, 0.2) is 46.8 Å². The maximum Gasteiger partial charge on any atom is 0.191 e. The van der Waals surface area contributed by atoms with Gasteiger partial charge in [0, 0.05) is 32.7 Å². The number of methoxy groups -OCH3 is 1. The lowest BCUT2D eigenvalue weighted by Gasteiger charge is -2.33. The number of aryl methyl sites for hydroxylation is 1. The Morgan fingerprint density at radius 3 is 2.81 bits per heavy atom. The van der Waals surface area contributed by atoms with Gasteiger partial charge in [-0.3, -0.25) is 4.99 Å². The number of piperidine rings is 1. The first-order valence-corrected chi connectivity index (χ1v) is 10.5. The minimum absolute atomic E-state index is 0.491. The van der Waals surface area contributed by atoms with Crippen molar-refractivity contribution in [3.63, 3.8) is 0 Å². The number of ether oxygens (including phenoxy) is 1. The Labute approximate surface area is 166 Å². The fraction of sp³-hybridized carbons (Fsp3) is 0.476. The van der Waals surface area contributed by atoms with E-state index in [2.05, 4.69) is 50.2 Å². The normalized spacial score (nSPS) is 15.6. The second kappa shape index (κ2) is 10.2. The zero-order chi connectivity index (χ0) is 18.9. The summed E-state index contributed by atoms with van der Waals surface area (Å²) in [5.74, 6) is 1.84. The molecule has 5 nitrogen and oxygen atoms in total. The number of hydrogen-bond donors (Lipinski definition) is 2. The lowest BCUT2D eigenvalue weighted by molar-refractivity contribution is 0.414. The number of nitrogens with zero attached hydrogens (tertiary/aromatic N) is 2. The van der Waals surface area contributed by atoms with Crippen LogP contribution >= 0.6 is 11.3 Å². The molecule has 2 N–H and O–H groups in total. The third-order valence-corrected chi connectivity index (χ3v) is 5.88. The average molecular weight is 387 g/mol. The van der Waals surface area contributed by atoms with E-state index in [4.69, 9.17) is 4.74 Å². The molecule has 2 aromatic rings. The maximum absolute atomic E-state index is 5.28. The van der Waals surface area contributed by atoms with Crippen molar-refractivity contribution >= 4 is 22.3 Å². The molecule has 1 aliphatic heterocycles. The smallest absolute Gasteiger partial charge is 0.191 e. The van der Waals surface area contributed by atoms with Crippen LogP contribution in [0, 0.1) is 0 Å². The molecule has 0 spiro atoms. The highest BCUT2D eigenvalue weighted by Crippen LogP contribution is 2.24. The van der Waals surface area contributed by atoms with Crippen LogP contribution in [0.2, 0.25) is 0 Å². The molecule has 1 aliphatic rings. The molecule has 27 heavy (non-hydrogen) atoms. The maximum atomic E-state index is 5.28. The summed E-state index contributed by atoms with van der Waals surface area (Å²) in [6.45, 7) is 3.11. The third kappa shape index (κ3) is 5.89. The minimum atomic E-state index is 0.491. The molecule has 6 heteroatoms. The highest BCUT2D eigenvalue weighted by Gasteiger charge is 2.20.